The van der Waals surface area contributed by atoms with Crippen molar-refractivity contribution in [2.75, 3.05) is 7.11 Å². The average molecular weight is 408 g/mol. The molecular weight excluding hydrogens is 399 g/mol. The number of aromatic nitrogens is 2. The van der Waals surface area contributed by atoms with E-state index in [4.69, 9.17) is 16.3 Å². The first-order chi connectivity index (χ1) is 9.02. The minimum atomic E-state index is -0.268. The van der Waals surface area contributed by atoms with Gasteiger partial charge in [-0.3, -0.25) is 4.79 Å². The van der Waals surface area contributed by atoms with Crippen molar-refractivity contribution in [1.29, 1.82) is 0 Å². The van der Waals surface area contributed by atoms with E-state index in [-0.39, 0.29) is 12.2 Å². The lowest BCUT2D eigenvalue weighted by molar-refractivity contribution is 0.180. The maximum Gasteiger partial charge on any atom is 0.265 e. The van der Waals surface area contributed by atoms with Gasteiger partial charge in [0.25, 0.3) is 5.56 Å². The van der Waals surface area contributed by atoms with Gasteiger partial charge in [0.15, 0.2) is 0 Å². The van der Waals surface area contributed by atoms with Gasteiger partial charge in [0, 0.05) is 17.1 Å². The SMILES string of the molecule is COCc1nc(-c2ccc(Br)cc2Cl)[nH]c(=O)c1Br. The molecule has 4 nitrogen and oxygen atoms in total. The van der Waals surface area contributed by atoms with Crippen LogP contribution in [0.25, 0.3) is 11.4 Å². The number of ether oxygens (including phenoxy) is 1. The topological polar surface area (TPSA) is 55.0 Å². The maximum absolute atomic E-state index is 11.8. The first kappa shape index (κ1) is 14.7. The largest absolute Gasteiger partial charge is 0.378 e. The summed E-state index contributed by atoms with van der Waals surface area (Å²) in [6.45, 7) is 0.242. The number of H-pyrrole nitrogens is 1. The summed E-state index contributed by atoms with van der Waals surface area (Å²) in [5, 5.41) is 0.503. The third kappa shape index (κ3) is 3.25. The molecule has 0 fully saturated rings. The predicted molar refractivity (Wildman–Crippen MR) is 81.4 cm³/mol. The van der Waals surface area contributed by atoms with Crippen molar-refractivity contribution in [2.45, 2.75) is 6.61 Å². The first-order valence-electron chi connectivity index (χ1n) is 5.26. The van der Waals surface area contributed by atoms with E-state index < -0.39 is 0 Å². The minimum absolute atomic E-state index is 0.242. The molecule has 2 rings (SSSR count). The number of hydrogen-bond donors (Lipinski definition) is 1. The van der Waals surface area contributed by atoms with Gasteiger partial charge in [0.1, 0.15) is 10.3 Å². The Morgan fingerprint density at radius 1 is 1.42 bits per heavy atom. The highest BCUT2D eigenvalue weighted by Crippen LogP contribution is 2.28. The number of hydrogen-bond acceptors (Lipinski definition) is 3. The maximum atomic E-state index is 11.8. The number of rotatable bonds is 3. The van der Waals surface area contributed by atoms with Crippen LogP contribution in [0, 0.1) is 0 Å². The molecule has 0 unspecified atom stereocenters. The molecule has 0 saturated carbocycles. The quantitative estimate of drug-likeness (QED) is 0.841. The highest BCUT2D eigenvalue weighted by molar-refractivity contribution is 9.10. The van der Waals surface area contributed by atoms with Crippen LogP contribution in [0.3, 0.4) is 0 Å². The van der Waals surface area contributed by atoms with E-state index in [0.717, 1.165) is 4.47 Å². The Bertz CT molecular complexity index is 673. The molecular formula is C12H9Br2ClN2O2. The highest BCUT2D eigenvalue weighted by atomic mass is 79.9. The average Bonchev–Trinajstić information content (AvgIpc) is 2.35. The second-order valence-corrected chi connectivity index (χ2v) is 5.85. The molecule has 1 N–H and O–H groups in total. The normalized spacial score (nSPS) is 10.7. The van der Waals surface area contributed by atoms with Gasteiger partial charge in [0.2, 0.25) is 0 Å². The van der Waals surface area contributed by atoms with E-state index in [2.05, 4.69) is 41.8 Å². The Morgan fingerprint density at radius 3 is 2.79 bits per heavy atom. The molecule has 0 aliphatic rings. The van der Waals surface area contributed by atoms with E-state index >= 15 is 0 Å². The monoisotopic (exact) mass is 406 g/mol. The fourth-order valence-electron chi connectivity index (χ4n) is 1.55. The number of nitrogens with zero attached hydrogens (tertiary/aromatic N) is 1. The molecule has 0 bridgehead atoms. The molecule has 7 heteroatoms. The smallest absolute Gasteiger partial charge is 0.265 e. The van der Waals surface area contributed by atoms with Crippen LogP contribution < -0.4 is 5.56 Å². The summed E-state index contributed by atoms with van der Waals surface area (Å²) in [6.07, 6.45) is 0. The molecule has 0 radical (unpaired) electrons. The molecule has 1 aromatic carbocycles. The summed E-state index contributed by atoms with van der Waals surface area (Å²) >= 11 is 12.7. The standard InChI is InChI=1S/C12H9Br2ClN2O2/c1-19-5-9-10(14)12(18)17-11(16-9)7-3-2-6(13)4-8(7)15/h2-4H,5H2,1H3,(H,16,17,18). The molecule has 0 aliphatic carbocycles. The van der Waals surface area contributed by atoms with Crippen molar-refractivity contribution < 1.29 is 4.74 Å². The first-order valence-corrected chi connectivity index (χ1v) is 7.22. The Labute approximate surface area is 131 Å². The summed E-state index contributed by atoms with van der Waals surface area (Å²) in [5.74, 6) is 0.415. The fraction of sp³-hybridized carbons (Fsp3) is 0.167. The minimum Gasteiger partial charge on any atom is -0.378 e. The number of methoxy groups -OCH3 is 1. The lowest BCUT2D eigenvalue weighted by atomic mass is 10.2. The van der Waals surface area contributed by atoms with Gasteiger partial charge in [-0.2, -0.15) is 0 Å². The van der Waals surface area contributed by atoms with Gasteiger partial charge < -0.3 is 9.72 Å². The number of aromatic amines is 1. The number of benzene rings is 1. The van der Waals surface area contributed by atoms with Gasteiger partial charge in [0.05, 0.1) is 17.3 Å². The van der Waals surface area contributed by atoms with Gasteiger partial charge in [-0.05, 0) is 34.1 Å². The molecule has 2 aromatic rings. The second kappa shape index (κ2) is 6.17. The van der Waals surface area contributed by atoms with Crippen molar-refractivity contribution >= 4 is 43.5 Å². The van der Waals surface area contributed by atoms with Gasteiger partial charge in [-0.25, -0.2) is 4.98 Å². The molecule has 0 saturated heterocycles. The summed E-state index contributed by atoms with van der Waals surface area (Å²) in [7, 11) is 1.54. The molecule has 100 valence electrons. The Morgan fingerprint density at radius 2 is 2.16 bits per heavy atom. The lowest BCUT2D eigenvalue weighted by Gasteiger charge is -2.07. The predicted octanol–water partition coefficient (Wildman–Crippen LogP) is 3.76. The lowest BCUT2D eigenvalue weighted by Crippen LogP contribution is -2.14. The van der Waals surface area contributed by atoms with Gasteiger partial charge in [-0.15, -0.1) is 0 Å². The Balaban J connectivity index is 2.59. The van der Waals surface area contributed by atoms with Crippen LogP contribution in [0.1, 0.15) is 5.69 Å². The van der Waals surface area contributed by atoms with E-state index in [1.807, 2.05) is 6.07 Å². The van der Waals surface area contributed by atoms with E-state index in [9.17, 15) is 4.79 Å². The van der Waals surface area contributed by atoms with Crippen LogP contribution in [-0.2, 0) is 11.3 Å². The van der Waals surface area contributed by atoms with Gasteiger partial charge in [-0.1, -0.05) is 27.5 Å². The number of halogens is 3. The molecule has 0 aliphatic heterocycles. The van der Waals surface area contributed by atoms with Crippen molar-refractivity contribution in [1.82, 2.24) is 9.97 Å². The third-order valence-electron chi connectivity index (χ3n) is 2.40. The van der Waals surface area contributed by atoms with Crippen molar-refractivity contribution in [3.05, 3.63) is 48.2 Å². The van der Waals surface area contributed by atoms with Crippen molar-refractivity contribution in [3.63, 3.8) is 0 Å². The van der Waals surface area contributed by atoms with Crippen LogP contribution in [0.5, 0.6) is 0 Å². The van der Waals surface area contributed by atoms with E-state index in [1.54, 1.807) is 19.2 Å². The molecule has 0 amide bonds. The zero-order chi connectivity index (χ0) is 14.0. The van der Waals surface area contributed by atoms with Gasteiger partial charge >= 0.3 is 0 Å². The summed E-state index contributed by atoms with van der Waals surface area (Å²) in [6, 6.07) is 5.36. The van der Waals surface area contributed by atoms with Crippen LogP contribution >= 0.6 is 43.5 Å². The third-order valence-corrected chi connectivity index (χ3v) is 4.02. The van der Waals surface area contributed by atoms with Crippen LogP contribution in [0.4, 0.5) is 0 Å². The zero-order valence-corrected chi connectivity index (χ0v) is 13.8. The van der Waals surface area contributed by atoms with Crippen molar-refractivity contribution in [2.24, 2.45) is 0 Å². The molecule has 19 heavy (non-hydrogen) atoms. The highest BCUT2D eigenvalue weighted by Gasteiger charge is 2.12. The summed E-state index contributed by atoms with van der Waals surface area (Å²) in [5.41, 5.74) is 0.920. The molecule has 1 heterocycles. The van der Waals surface area contributed by atoms with Crippen LogP contribution in [-0.4, -0.2) is 17.1 Å². The van der Waals surface area contributed by atoms with E-state index in [1.165, 1.54) is 0 Å². The molecule has 0 atom stereocenters. The second-order valence-electron chi connectivity index (χ2n) is 3.73. The summed E-state index contributed by atoms with van der Waals surface area (Å²) in [4.78, 5) is 18.9. The fourth-order valence-corrected chi connectivity index (χ4v) is 2.61. The zero-order valence-electron chi connectivity index (χ0n) is 9.84. The van der Waals surface area contributed by atoms with Crippen molar-refractivity contribution in [3.8, 4) is 11.4 Å². The Kier molecular flexibility index (Phi) is 4.78. The number of nitrogens with one attached hydrogen (secondary N) is 1. The van der Waals surface area contributed by atoms with Crippen LogP contribution in [0.2, 0.25) is 5.02 Å². The Hall–Kier alpha value is -0.690. The summed E-state index contributed by atoms with van der Waals surface area (Å²) < 4.78 is 6.24. The van der Waals surface area contributed by atoms with Crippen LogP contribution in [0.15, 0.2) is 31.9 Å². The molecule has 0 spiro atoms. The molecule has 1 aromatic heterocycles. The van der Waals surface area contributed by atoms with E-state index in [0.29, 0.717) is 26.6 Å².